The van der Waals surface area contributed by atoms with Gasteiger partial charge >= 0.3 is 0 Å². The molecule has 0 atom stereocenters. The molecule has 1 N–H and O–H groups in total. The Bertz CT molecular complexity index is 1150. The topological polar surface area (TPSA) is 66.5 Å². The summed E-state index contributed by atoms with van der Waals surface area (Å²) < 4.78 is 0. The van der Waals surface area contributed by atoms with Crippen LogP contribution < -0.4 is 5.32 Å². The molecule has 150 valence electrons. The van der Waals surface area contributed by atoms with Crippen LogP contribution in [0.3, 0.4) is 0 Å². The van der Waals surface area contributed by atoms with Gasteiger partial charge in [-0.3, -0.25) is 14.4 Å². The van der Waals surface area contributed by atoms with E-state index in [9.17, 15) is 14.4 Å². The molecule has 1 aliphatic heterocycles. The summed E-state index contributed by atoms with van der Waals surface area (Å²) >= 11 is 1.50. The first-order valence-corrected chi connectivity index (χ1v) is 11.0. The molecule has 1 aliphatic carbocycles. The quantitative estimate of drug-likeness (QED) is 0.549. The summed E-state index contributed by atoms with van der Waals surface area (Å²) in [4.78, 5) is 39.8. The number of thiophene rings is 1. The van der Waals surface area contributed by atoms with Gasteiger partial charge in [-0.2, -0.15) is 11.3 Å². The van der Waals surface area contributed by atoms with Crippen LogP contribution >= 0.6 is 11.3 Å². The van der Waals surface area contributed by atoms with E-state index in [-0.39, 0.29) is 23.6 Å². The summed E-state index contributed by atoms with van der Waals surface area (Å²) in [5.74, 6) is -0.146. The van der Waals surface area contributed by atoms with Gasteiger partial charge in [-0.25, -0.2) is 0 Å². The highest BCUT2D eigenvalue weighted by Gasteiger charge is 2.29. The first-order chi connectivity index (χ1) is 14.6. The van der Waals surface area contributed by atoms with E-state index in [4.69, 9.17) is 0 Å². The zero-order chi connectivity index (χ0) is 20.7. The molecule has 0 radical (unpaired) electrons. The van der Waals surface area contributed by atoms with Crippen molar-refractivity contribution in [2.24, 2.45) is 0 Å². The normalized spacial score (nSPS) is 15.6. The minimum absolute atomic E-state index is 0.0231. The fourth-order valence-corrected chi connectivity index (χ4v) is 4.87. The standard InChI is InChI=1S/C24H20N2O3S/c27-22-20-4-2-1-3-18(20)19-6-5-15(13-21(19)22)24(29)26-10-7-17(8-11-26)25-23(28)16-9-12-30-14-16/h1-6,9,12-14,17H,7-8,10-11H2,(H,25,28). The second-order valence-electron chi connectivity index (χ2n) is 7.69. The minimum Gasteiger partial charge on any atom is -0.349 e. The van der Waals surface area contributed by atoms with Crippen molar-refractivity contribution in [3.05, 3.63) is 81.5 Å². The highest BCUT2D eigenvalue weighted by atomic mass is 32.1. The smallest absolute Gasteiger partial charge is 0.253 e. The van der Waals surface area contributed by atoms with Crippen molar-refractivity contribution in [1.29, 1.82) is 0 Å². The maximum absolute atomic E-state index is 13.0. The lowest BCUT2D eigenvalue weighted by Crippen LogP contribution is -2.46. The Hall–Kier alpha value is -3.25. The van der Waals surface area contributed by atoms with E-state index in [2.05, 4.69) is 5.32 Å². The third-order valence-corrected chi connectivity index (χ3v) is 6.56. The van der Waals surface area contributed by atoms with Gasteiger partial charge in [0.2, 0.25) is 0 Å². The number of ketones is 1. The van der Waals surface area contributed by atoms with Crippen molar-refractivity contribution in [1.82, 2.24) is 10.2 Å². The number of carbonyl (C=O) groups excluding carboxylic acids is 3. The van der Waals surface area contributed by atoms with Gasteiger partial charge in [0.25, 0.3) is 11.8 Å². The van der Waals surface area contributed by atoms with Gasteiger partial charge in [0.05, 0.1) is 0 Å². The van der Waals surface area contributed by atoms with E-state index in [0.29, 0.717) is 35.3 Å². The number of rotatable bonds is 3. The number of nitrogens with zero attached hydrogens (tertiary/aromatic N) is 1. The largest absolute Gasteiger partial charge is 0.349 e. The summed E-state index contributed by atoms with van der Waals surface area (Å²) in [7, 11) is 0. The summed E-state index contributed by atoms with van der Waals surface area (Å²) in [6.07, 6.45) is 1.44. The van der Waals surface area contributed by atoms with Crippen LogP contribution in [-0.4, -0.2) is 41.6 Å². The zero-order valence-corrected chi connectivity index (χ0v) is 17.1. The number of carbonyl (C=O) groups is 3. The second kappa shape index (κ2) is 7.54. The van der Waals surface area contributed by atoms with Gasteiger partial charge in [-0.15, -0.1) is 0 Å². The van der Waals surface area contributed by atoms with Crippen molar-refractivity contribution in [3.8, 4) is 11.1 Å². The van der Waals surface area contributed by atoms with Crippen LogP contribution in [0.15, 0.2) is 59.3 Å². The molecule has 2 amide bonds. The van der Waals surface area contributed by atoms with Crippen LogP contribution in [0, 0.1) is 0 Å². The van der Waals surface area contributed by atoms with E-state index in [1.807, 2.05) is 52.1 Å². The lowest BCUT2D eigenvalue weighted by molar-refractivity contribution is 0.0698. The molecule has 5 rings (SSSR count). The van der Waals surface area contributed by atoms with Crippen LogP contribution in [0.25, 0.3) is 11.1 Å². The number of fused-ring (bicyclic) bond motifs is 3. The average molecular weight is 417 g/mol. The number of likely N-dealkylation sites (tertiary alicyclic amines) is 1. The van der Waals surface area contributed by atoms with Crippen LogP contribution in [0.2, 0.25) is 0 Å². The molecule has 0 saturated carbocycles. The third-order valence-electron chi connectivity index (χ3n) is 5.87. The molecule has 2 aliphatic rings. The molecule has 1 fully saturated rings. The van der Waals surface area contributed by atoms with Gasteiger partial charge < -0.3 is 10.2 Å². The fraction of sp³-hybridized carbons (Fsp3) is 0.208. The Labute approximate surface area is 178 Å². The first-order valence-electron chi connectivity index (χ1n) is 10.0. The van der Waals surface area contributed by atoms with Gasteiger partial charge in [-0.05, 0) is 47.5 Å². The SMILES string of the molecule is O=C(NC1CCN(C(=O)c2ccc3c(c2)C(=O)c2ccccc2-3)CC1)c1ccsc1. The lowest BCUT2D eigenvalue weighted by atomic mass is 10.0. The molecule has 6 heteroatoms. The number of amides is 2. The van der Waals surface area contributed by atoms with Crippen molar-refractivity contribution >= 4 is 28.9 Å². The molecular formula is C24H20N2O3S. The van der Waals surface area contributed by atoms with Crippen molar-refractivity contribution in [2.45, 2.75) is 18.9 Å². The molecular weight excluding hydrogens is 396 g/mol. The highest BCUT2D eigenvalue weighted by Crippen LogP contribution is 2.36. The van der Waals surface area contributed by atoms with E-state index in [1.54, 1.807) is 12.1 Å². The van der Waals surface area contributed by atoms with Crippen molar-refractivity contribution < 1.29 is 14.4 Å². The van der Waals surface area contributed by atoms with Gasteiger partial charge in [-0.1, -0.05) is 30.3 Å². The van der Waals surface area contributed by atoms with E-state index < -0.39 is 0 Å². The summed E-state index contributed by atoms with van der Waals surface area (Å²) in [6.45, 7) is 1.16. The van der Waals surface area contributed by atoms with Gasteiger partial charge in [0.1, 0.15) is 0 Å². The second-order valence-corrected chi connectivity index (χ2v) is 8.47. The number of benzene rings is 2. The zero-order valence-electron chi connectivity index (χ0n) is 16.3. The van der Waals surface area contributed by atoms with Crippen molar-refractivity contribution in [3.63, 3.8) is 0 Å². The predicted octanol–water partition coefficient (Wildman–Crippen LogP) is 3.99. The molecule has 1 aromatic heterocycles. The van der Waals surface area contributed by atoms with E-state index >= 15 is 0 Å². The molecule has 3 aromatic rings. The average Bonchev–Trinajstić information content (AvgIpc) is 3.42. The Morgan fingerprint density at radius 2 is 1.63 bits per heavy atom. The first kappa shape index (κ1) is 18.8. The molecule has 5 nitrogen and oxygen atoms in total. The molecule has 1 saturated heterocycles. The molecule has 0 unspecified atom stereocenters. The lowest BCUT2D eigenvalue weighted by Gasteiger charge is -2.32. The number of hydrogen-bond donors (Lipinski definition) is 1. The molecule has 0 spiro atoms. The fourth-order valence-electron chi connectivity index (χ4n) is 4.23. The number of hydrogen-bond acceptors (Lipinski definition) is 4. The van der Waals surface area contributed by atoms with Crippen LogP contribution in [0.4, 0.5) is 0 Å². The Kier molecular flexibility index (Phi) is 4.71. The number of nitrogens with one attached hydrogen (secondary N) is 1. The molecule has 0 bridgehead atoms. The van der Waals surface area contributed by atoms with E-state index in [1.165, 1.54) is 11.3 Å². The van der Waals surface area contributed by atoms with Crippen LogP contribution in [0.1, 0.15) is 49.5 Å². The maximum Gasteiger partial charge on any atom is 0.253 e. The summed E-state index contributed by atoms with van der Waals surface area (Å²) in [5, 5.41) is 6.78. The predicted molar refractivity (Wildman–Crippen MR) is 116 cm³/mol. The molecule has 30 heavy (non-hydrogen) atoms. The molecule has 2 heterocycles. The Morgan fingerprint density at radius 1 is 0.900 bits per heavy atom. The van der Waals surface area contributed by atoms with Crippen LogP contribution in [0.5, 0.6) is 0 Å². The number of piperidine rings is 1. The minimum atomic E-state index is -0.0656. The van der Waals surface area contributed by atoms with Gasteiger partial charge in [0, 0.05) is 46.8 Å². The third kappa shape index (κ3) is 3.23. The van der Waals surface area contributed by atoms with E-state index in [0.717, 1.165) is 24.0 Å². The summed E-state index contributed by atoms with van der Waals surface area (Å²) in [5.41, 5.74) is 4.33. The monoisotopic (exact) mass is 416 g/mol. The summed E-state index contributed by atoms with van der Waals surface area (Å²) in [6, 6.07) is 14.8. The maximum atomic E-state index is 13.0. The van der Waals surface area contributed by atoms with Crippen LogP contribution in [-0.2, 0) is 0 Å². The van der Waals surface area contributed by atoms with Crippen molar-refractivity contribution in [2.75, 3.05) is 13.1 Å². The molecule has 2 aromatic carbocycles. The van der Waals surface area contributed by atoms with Gasteiger partial charge in [0.15, 0.2) is 5.78 Å². The Balaban J connectivity index is 1.26. The Morgan fingerprint density at radius 3 is 2.37 bits per heavy atom. The highest BCUT2D eigenvalue weighted by molar-refractivity contribution is 7.08.